The van der Waals surface area contributed by atoms with E-state index in [0.29, 0.717) is 18.7 Å². The molecule has 0 bridgehead atoms. The van der Waals surface area contributed by atoms with Crippen LogP contribution >= 0.6 is 0 Å². The standard InChI is InChI=1S/C15H24N4O2/c1-3-19-8-4-6-15(2,10-19)14(21)16-7-5-12-9-13(20)18-11-17-12/h9,11H,3-8,10H2,1-2H3,(H,16,21)(H,17,18,20). The molecule has 2 heterocycles. The first-order chi connectivity index (χ1) is 10.0. The number of carbonyl (C=O) groups excluding carboxylic acids is 1. The number of piperidine rings is 1. The van der Waals surface area contributed by atoms with Gasteiger partial charge in [-0.25, -0.2) is 4.98 Å². The second kappa shape index (κ2) is 6.85. The summed E-state index contributed by atoms with van der Waals surface area (Å²) in [5, 5.41) is 2.99. The largest absolute Gasteiger partial charge is 0.355 e. The highest BCUT2D eigenvalue weighted by Crippen LogP contribution is 2.29. The Morgan fingerprint density at radius 3 is 3.10 bits per heavy atom. The minimum absolute atomic E-state index is 0.102. The third-order valence-corrected chi connectivity index (χ3v) is 4.17. The average molecular weight is 292 g/mol. The lowest BCUT2D eigenvalue weighted by Gasteiger charge is -2.38. The number of hydrogen-bond acceptors (Lipinski definition) is 4. The van der Waals surface area contributed by atoms with Crippen molar-refractivity contribution >= 4 is 5.91 Å². The molecule has 2 N–H and O–H groups in total. The zero-order valence-electron chi connectivity index (χ0n) is 12.8. The maximum Gasteiger partial charge on any atom is 0.250 e. The SMILES string of the molecule is CCN1CCCC(C)(C(=O)NCCc2cc(=O)[nH]cn2)C1. The zero-order valence-corrected chi connectivity index (χ0v) is 12.8. The Hall–Kier alpha value is -1.69. The maximum absolute atomic E-state index is 12.4. The van der Waals surface area contributed by atoms with Gasteiger partial charge in [0.15, 0.2) is 0 Å². The summed E-state index contributed by atoms with van der Waals surface area (Å²) < 4.78 is 0. The number of nitrogens with one attached hydrogen (secondary N) is 2. The number of aromatic nitrogens is 2. The molecule has 1 atom stereocenters. The van der Waals surface area contributed by atoms with Gasteiger partial charge >= 0.3 is 0 Å². The van der Waals surface area contributed by atoms with E-state index in [4.69, 9.17) is 0 Å². The van der Waals surface area contributed by atoms with Crippen molar-refractivity contribution in [3.05, 3.63) is 28.4 Å². The monoisotopic (exact) mass is 292 g/mol. The molecule has 1 fully saturated rings. The Labute approximate surface area is 125 Å². The van der Waals surface area contributed by atoms with Crippen LogP contribution in [0, 0.1) is 5.41 Å². The normalized spacial score (nSPS) is 23.0. The first-order valence-electron chi connectivity index (χ1n) is 7.58. The maximum atomic E-state index is 12.4. The Morgan fingerprint density at radius 2 is 2.38 bits per heavy atom. The summed E-state index contributed by atoms with van der Waals surface area (Å²) in [6, 6.07) is 1.47. The van der Waals surface area contributed by atoms with Gasteiger partial charge in [-0.3, -0.25) is 9.59 Å². The van der Waals surface area contributed by atoms with Crippen molar-refractivity contribution in [3.8, 4) is 0 Å². The van der Waals surface area contributed by atoms with Crippen molar-refractivity contribution in [3.63, 3.8) is 0 Å². The van der Waals surface area contributed by atoms with Gasteiger partial charge in [0, 0.05) is 31.3 Å². The third kappa shape index (κ3) is 4.14. The first-order valence-corrected chi connectivity index (χ1v) is 7.58. The van der Waals surface area contributed by atoms with E-state index in [1.54, 1.807) is 0 Å². The quantitative estimate of drug-likeness (QED) is 0.831. The minimum atomic E-state index is -0.310. The van der Waals surface area contributed by atoms with Gasteiger partial charge in [0.1, 0.15) is 0 Å². The van der Waals surface area contributed by atoms with Crippen molar-refractivity contribution in [2.45, 2.75) is 33.1 Å². The summed E-state index contributed by atoms with van der Waals surface area (Å²) in [7, 11) is 0. The van der Waals surface area contributed by atoms with E-state index in [0.717, 1.165) is 32.5 Å². The number of aromatic amines is 1. The van der Waals surface area contributed by atoms with E-state index >= 15 is 0 Å². The Kier molecular flexibility index (Phi) is 5.12. The summed E-state index contributed by atoms with van der Waals surface area (Å²) in [4.78, 5) is 32.5. The van der Waals surface area contributed by atoms with Crippen LogP contribution in [0.15, 0.2) is 17.2 Å². The van der Waals surface area contributed by atoms with Crippen LogP contribution < -0.4 is 10.9 Å². The lowest BCUT2D eigenvalue weighted by atomic mass is 9.81. The molecular weight excluding hydrogens is 268 g/mol. The average Bonchev–Trinajstić information content (AvgIpc) is 2.47. The Bertz CT molecular complexity index is 542. The predicted molar refractivity (Wildman–Crippen MR) is 81.0 cm³/mol. The van der Waals surface area contributed by atoms with Gasteiger partial charge in [0.2, 0.25) is 5.91 Å². The molecule has 21 heavy (non-hydrogen) atoms. The van der Waals surface area contributed by atoms with E-state index < -0.39 is 0 Å². The van der Waals surface area contributed by atoms with E-state index in [1.807, 2.05) is 6.92 Å². The smallest absolute Gasteiger partial charge is 0.250 e. The van der Waals surface area contributed by atoms with Crippen LogP contribution in [-0.4, -0.2) is 47.0 Å². The summed E-state index contributed by atoms with van der Waals surface area (Å²) in [6.45, 7) is 7.56. The molecule has 2 rings (SSSR count). The fourth-order valence-electron chi connectivity index (χ4n) is 2.86. The summed E-state index contributed by atoms with van der Waals surface area (Å²) in [6.07, 6.45) is 3.95. The highest BCUT2D eigenvalue weighted by Gasteiger charge is 2.36. The van der Waals surface area contributed by atoms with Gasteiger partial charge in [0.05, 0.1) is 11.7 Å². The van der Waals surface area contributed by atoms with Crippen molar-refractivity contribution in [2.24, 2.45) is 5.41 Å². The van der Waals surface area contributed by atoms with Crippen LogP contribution in [0.5, 0.6) is 0 Å². The van der Waals surface area contributed by atoms with Crippen molar-refractivity contribution in [1.82, 2.24) is 20.2 Å². The lowest BCUT2D eigenvalue weighted by Crippen LogP contribution is -2.50. The van der Waals surface area contributed by atoms with Gasteiger partial charge in [-0.2, -0.15) is 0 Å². The molecule has 0 radical (unpaired) electrons. The zero-order chi connectivity index (χ0) is 15.3. The fourth-order valence-corrected chi connectivity index (χ4v) is 2.86. The van der Waals surface area contributed by atoms with Crippen LogP contribution in [0.25, 0.3) is 0 Å². The predicted octanol–water partition coefficient (Wildman–Crippen LogP) is 0.551. The molecule has 1 unspecified atom stereocenters. The molecule has 0 aliphatic carbocycles. The molecule has 0 saturated carbocycles. The molecule has 1 aliphatic rings. The number of rotatable bonds is 5. The van der Waals surface area contributed by atoms with Crippen molar-refractivity contribution in [1.29, 1.82) is 0 Å². The molecule has 1 aromatic heterocycles. The molecular formula is C15H24N4O2. The molecule has 0 aromatic carbocycles. The number of amides is 1. The molecule has 1 aromatic rings. The highest BCUT2D eigenvalue weighted by molar-refractivity contribution is 5.82. The van der Waals surface area contributed by atoms with E-state index in [-0.39, 0.29) is 16.9 Å². The molecule has 116 valence electrons. The Morgan fingerprint density at radius 1 is 1.57 bits per heavy atom. The van der Waals surface area contributed by atoms with Gasteiger partial charge in [-0.15, -0.1) is 0 Å². The number of H-pyrrole nitrogens is 1. The molecule has 1 saturated heterocycles. The second-order valence-corrected chi connectivity index (χ2v) is 5.94. The van der Waals surface area contributed by atoms with Crippen LogP contribution in [0.2, 0.25) is 0 Å². The van der Waals surface area contributed by atoms with E-state index in [1.165, 1.54) is 12.4 Å². The number of carbonyl (C=O) groups is 1. The lowest BCUT2D eigenvalue weighted by molar-refractivity contribution is -0.133. The minimum Gasteiger partial charge on any atom is -0.355 e. The van der Waals surface area contributed by atoms with Crippen LogP contribution in [-0.2, 0) is 11.2 Å². The van der Waals surface area contributed by atoms with E-state index in [2.05, 4.69) is 27.1 Å². The van der Waals surface area contributed by atoms with Gasteiger partial charge < -0.3 is 15.2 Å². The number of hydrogen-bond donors (Lipinski definition) is 2. The van der Waals surface area contributed by atoms with Crippen LogP contribution in [0.3, 0.4) is 0 Å². The molecule has 6 heteroatoms. The van der Waals surface area contributed by atoms with E-state index in [9.17, 15) is 9.59 Å². The summed E-state index contributed by atoms with van der Waals surface area (Å²) in [5.41, 5.74) is 0.225. The number of likely N-dealkylation sites (tertiary alicyclic amines) is 1. The Balaban J connectivity index is 1.85. The molecule has 1 amide bonds. The van der Waals surface area contributed by atoms with Crippen molar-refractivity contribution < 1.29 is 4.79 Å². The molecule has 6 nitrogen and oxygen atoms in total. The molecule has 0 spiro atoms. The summed E-state index contributed by atoms with van der Waals surface area (Å²) in [5.74, 6) is 0.102. The second-order valence-electron chi connectivity index (χ2n) is 5.94. The van der Waals surface area contributed by atoms with Gasteiger partial charge in [-0.1, -0.05) is 6.92 Å². The fraction of sp³-hybridized carbons (Fsp3) is 0.667. The van der Waals surface area contributed by atoms with Gasteiger partial charge in [-0.05, 0) is 32.9 Å². The third-order valence-electron chi connectivity index (χ3n) is 4.17. The molecule has 1 aliphatic heterocycles. The van der Waals surface area contributed by atoms with Crippen LogP contribution in [0.4, 0.5) is 0 Å². The topological polar surface area (TPSA) is 78.1 Å². The number of nitrogens with zero attached hydrogens (tertiary/aromatic N) is 2. The van der Waals surface area contributed by atoms with Crippen molar-refractivity contribution in [2.75, 3.05) is 26.2 Å². The first kappa shape index (κ1) is 15.7. The summed E-state index contributed by atoms with van der Waals surface area (Å²) >= 11 is 0. The van der Waals surface area contributed by atoms with Gasteiger partial charge in [0.25, 0.3) is 5.56 Å². The highest BCUT2D eigenvalue weighted by atomic mass is 16.2. The van der Waals surface area contributed by atoms with Crippen LogP contribution in [0.1, 0.15) is 32.4 Å².